The van der Waals surface area contributed by atoms with Crippen LogP contribution in [0.1, 0.15) is 33.6 Å². The monoisotopic (exact) mass is 261 g/mol. The lowest BCUT2D eigenvalue weighted by Crippen LogP contribution is -2.37. The Morgan fingerprint density at radius 3 is 2.47 bits per heavy atom. The van der Waals surface area contributed by atoms with E-state index in [1.807, 2.05) is 6.08 Å². The van der Waals surface area contributed by atoms with Gasteiger partial charge in [0.25, 0.3) is 0 Å². The lowest BCUT2D eigenvalue weighted by Gasteiger charge is -2.31. The zero-order chi connectivity index (χ0) is 13.1. The van der Waals surface area contributed by atoms with Crippen LogP contribution < -0.4 is 0 Å². The molecule has 0 aromatic carbocycles. The number of rotatable bonds is 4. The van der Waals surface area contributed by atoms with Gasteiger partial charge in [-0.25, -0.2) is 8.42 Å². The number of nitrogens with zero attached hydrogens (tertiary/aromatic N) is 1. The molecular weight excluding hydrogens is 238 g/mol. The number of hydrogen-bond donors (Lipinski definition) is 1. The summed E-state index contributed by atoms with van der Waals surface area (Å²) in [5.41, 5.74) is 1.45. The summed E-state index contributed by atoms with van der Waals surface area (Å²) in [7, 11) is -3.19. The van der Waals surface area contributed by atoms with Crippen molar-refractivity contribution in [1.82, 2.24) is 4.31 Å². The van der Waals surface area contributed by atoms with Crippen molar-refractivity contribution in [3.05, 3.63) is 11.6 Å². The minimum atomic E-state index is -3.19. The lowest BCUT2D eigenvalue weighted by molar-refractivity contribution is 0.293. The average molecular weight is 261 g/mol. The van der Waals surface area contributed by atoms with Crippen molar-refractivity contribution in [2.45, 2.75) is 33.6 Å². The highest BCUT2D eigenvalue weighted by Gasteiger charge is 2.27. The molecule has 0 saturated carbocycles. The van der Waals surface area contributed by atoms with Crippen molar-refractivity contribution < 1.29 is 13.5 Å². The largest absolute Gasteiger partial charge is 0.396 e. The van der Waals surface area contributed by atoms with E-state index in [2.05, 4.69) is 20.8 Å². The third-order valence-corrected chi connectivity index (χ3v) is 5.01. The molecule has 0 radical (unpaired) electrons. The van der Waals surface area contributed by atoms with Gasteiger partial charge in [-0.05, 0) is 18.3 Å². The van der Waals surface area contributed by atoms with Crippen LogP contribution in [-0.4, -0.2) is 43.3 Å². The van der Waals surface area contributed by atoms with Crippen molar-refractivity contribution in [3.8, 4) is 0 Å². The molecule has 4 nitrogen and oxygen atoms in total. The Balaban J connectivity index is 2.66. The molecule has 0 aromatic rings. The first kappa shape index (κ1) is 14.7. The minimum Gasteiger partial charge on any atom is -0.396 e. The Morgan fingerprint density at radius 2 is 2.06 bits per heavy atom. The number of aliphatic hydroxyl groups excluding tert-OH is 1. The van der Waals surface area contributed by atoms with Crippen LogP contribution in [0.15, 0.2) is 11.6 Å². The topological polar surface area (TPSA) is 57.6 Å². The first-order chi connectivity index (χ1) is 7.77. The zero-order valence-corrected chi connectivity index (χ0v) is 11.8. The Morgan fingerprint density at radius 1 is 1.41 bits per heavy atom. The van der Waals surface area contributed by atoms with Crippen molar-refractivity contribution in [3.63, 3.8) is 0 Å². The molecule has 1 N–H and O–H groups in total. The van der Waals surface area contributed by atoms with Crippen molar-refractivity contribution in [1.29, 1.82) is 0 Å². The third kappa shape index (κ3) is 4.08. The quantitative estimate of drug-likeness (QED) is 0.778. The maximum atomic E-state index is 11.9. The summed E-state index contributed by atoms with van der Waals surface area (Å²) in [5, 5.41) is 8.68. The van der Waals surface area contributed by atoms with Gasteiger partial charge in [-0.15, -0.1) is 0 Å². The summed E-state index contributed by atoms with van der Waals surface area (Å²) in [6, 6.07) is 0. The molecule has 0 bridgehead atoms. The van der Waals surface area contributed by atoms with Crippen LogP contribution in [0, 0.1) is 5.41 Å². The van der Waals surface area contributed by atoms with Gasteiger partial charge in [0, 0.05) is 19.7 Å². The molecule has 0 spiro atoms. The molecule has 0 aliphatic carbocycles. The first-order valence-electron chi connectivity index (χ1n) is 6.05. The van der Waals surface area contributed by atoms with E-state index in [0.29, 0.717) is 19.5 Å². The molecule has 0 amide bonds. The van der Waals surface area contributed by atoms with Gasteiger partial charge in [-0.3, -0.25) is 0 Å². The lowest BCUT2D eigenvalue weighted by atomic mass is 9.83. The van der Waals surface area contributed by atoms with Gasteiger partial charge >= 0.3 is 0 Å². The molecule has 1 rings (SSSR count). The van der Waals surface area contributed by atoms with Crippen molar-refractivity contribution >= 4 is 10.0 Å². The predicted molar refractivity (Wildman–Crippen MR) is 69.2 cm³/mol. The average Bonchev–Trinajstić information content (AvgIpc) is 2.25. The van der Waals surface area contributed by atoms with Gasteiger partial charge in [-0.1, -0.05) is 32.4 Å². The Kier molecular flexibility index (Phi) is 4.75. The van der Waals surface area contributed by atoms with E-state index in [1.165, 1.54) is 9.88 Å². The van der Waals surface area contributed by atoms with Gasteiger partial charge in [0.1, 0.15) is 0 Å². The highest BCUT2D eigenvalue weighted by molar-refractivity contribution is 7.89. The maximum absolute atomic E-state index is 11.9. The second-order valence-electron chi connectivity index (χ2n) is 5.48. The molecule has 0 saturated heterocycles. The molecule has 5 heteroatoms. The van der Waals surface area contributed by atoms with E-state index in [0.717, 1.165) is 6.42 Å². The summed E-state index contributed by atoms with van der Waals surface area (Å²) in [6.45, 7) is 7.41. The maximum Gasteiger partial charge on any atom is 0.214 e. The zero-order valence-electron chi connectivity index (χ0n) is 10.9. The molecule has 100 valence electrons. The van der Waals surface area contributed by atoms with Crippen LogP contribution in [-0.2, 0) is 10.0 Å². The summed E-state index contributed by atoms with van der Waals surface area (Å²) < 4.78 is 25.3. The predicted octanol–water partition coefficient (Wildman–Crippen LogP) is 1.38. The Labute approximate surface area is 104 Å². The molecule has 1 aliphatic heterocycles. The summed E-state index contributed by atoms with van der Waals surface area (Å²) in [5.74, 6) is 0.0438. The smallest absolute Gasteiger partial charge is 0.214 e. The molecular formula is C12H23NO3S. The molecule has 1 heterocycles. The van der Waals surface area contributed by atoms with Gasteiger partial charge in [-0.2, -0.15) is 4.31 Å². The highest BCUT2D eigenvalue weighted by atomic mass is 32.2. The van der Waals surface area contributed by atoms with Crippen LogP contribution in [0.3, 0.4) is 0 Å². The van der Waals surface area contributed by atoms with E-state index >= 15 is 0 Å². The van der Waals surface area contributed by atoms with Crippen LogP contribution in [0.4, 0.5) is 0 Å². The molecule has 1 aliphatic rings. The fourth-order valence-electron chi connectivity index (χ4n) is 1.96. The second kappa shape index (κ2) is 5.50. The van der Waals surface area contributed by atoms with Crippen LogP contribution >= 0.6 is 0 Å². The van der Waals surface area contributed by atoms with Crippen molar-refractivity contribution in [2.75, 3.05) is 25.4 Å². The first-order valence-corrected chi connectivity index (χ1v) is 7.66. The molecule has 0 fully saturated rings. The van der Waals surface area contributed by atoms with Crippen LogP contribution in [0.2, 0.25) is 0 Å². The van der Waals surface area contributed by atoms with Crippen LogP contribution in [0.5, 0.6) is 0 Å². The second-order valence-corrected chi connectivity index (χ2v) is 7.57. The van der Waals surface area contributed by atoms with Gasteiger partial charge < -0.3 is 5.11 Å². The summed E-state index contributed by atoms with van der Waals surface area (Å²) >= 11 is 0. The SMILES string of the molecule is CC(C)(C)C1=CCN(S(=O)(=O)CCCO)CC1. The molecule has 0 aromatic heterocycles. The normalized spacial score (nSPS) is 19.2. The third-order valence-electron chi connectivity index (χ3n) is 3.09. The van der Waals surface area contributed by atoms with Gasteiger partial charge in [0.15, 0.2) is 0 Å². The van der Waals surface area contributed by atoms with Crippen LogP contribution in [0.25, 0.3) is 0 Å². The van der Waals surface area contributed by atoms with E-state index < -0.39 is 10.0 Å². The molecule has 17 heavy (non-hydrogen) atoms. The van der Waals surface area contributed by atoms with E-state index in [4.69, 9.17) is 5.11 Å². The molecule has 0 atom stereocenters. The number of hydrogen-bond acceptors (Lipinski definition) is 3. The van der Waals surface area contributed by atoms with Crippen molar-refractivity contribution in [2.24, 2.45) is 5.41 Å². The fraction of sp³-hybridized carbons (Fsp3) is 0.833. The standard InChI is InChI=1S/C12H23NO3S/c1-12(2,3)11-5-7-13(8-6-11)17(15,16)10-4-9-14/h5,14H,4,6-10H2,1-3H3. The minimum absolute atomic E-state index is 0.0438. The Bertz CT molecular complexity index is 379. The van der Waals surface area contributed by atoms with E-state index in [9.17, 15) is 8.42 Å². The van der Waals surface area contributed by atoms with Gasteiger partial charge in [0.05, 0.1) is 5.75 Å². The van der Waals surface area contributed by atoms with E-state index in [-0.39, 0.29) is 17.8 Å². The fourth-order valence-corrected chi connectivity index (χ4v) is 3.38. The summed E-state index contributed by atoms with van der Waals surface area (Å²) in [4.78, 5) is 0. The number of sulfonamides is 1. The molecule has 0 unspecified atom stereocenters. The number of aliphatic hydroxyl groups is 1. The summed E-state index contributed by atoms with van der Waals surface area (Å²) in [6.07, 6.45) is 3.15. The Hall–Kier alpha value is -0.390. The van der Waals surface area contributed by atoms with Gasteiger partial charge in [0.2, 0.25) is 10.0 Å². The highest BCUT2D eigenvalue weighted by Crippen LogP contribution is 2.30. The van der Waals surface area contributed by atoms with E-state index in [1.54, 1.807) is 0 Å².